The Labute approximate surface area is 104 Å². The first kappa shape index (κ1) is 11.4. The molecule has 0 aliphatic rings. The van der Waals surface area contributed by atoms with Crippen molar-refractivity contribution < 1.29 is 0 Å². The molecule has 2 aromatic rings. The Morgan fingerprint density at radius 2 is 2.12 bits per heavy atom. The number of halogens is 1. The van der Waals surface area contributed by atoms with Crippen molar-refractivity contribution in [2.24, 2.45) is 0 Å². The fourth-order valence-electron chi connectivity index (χ4n) is 1.39. The van der Waals surface area contributed by atoms with E-state index in [1.54, 1.807) is 12.1 Å². The summed E-state index contributed by atoms with van der Waals surface area (Å²) in [6, 6.07) is 9.08. The normalized spacial score (nSPS) is 9.71. The van der Waals surface area contributed by atoms with Gasteiger partial charge in [0.05, 0.1) is 0 Å². The highest BCUT2D eigenvalue weighted by Crippen LogP contribution is 2.22. The molecule has 1 aromatic heterocycles. The second-order valence-corrected chi connectivity index (χ2v) is 3.92. The lowest BCUT2D eigenvalue weighted by Crippen LogP contribution is -1.97. The number of hydrogen-bond donors (Lipinski definition) is 1. The molecule has 2 rings (SSSR count). The molecule has 0 aliphatic carbocycles. The number of anilines is 2. The fraction of sp³-hybridized carbons (Fsp3) is 0.0833. The van der Waals surface area contributed by atoms with Crippen molar-refractivity contribution in [3.8, 4) is 6.07 Å². The zero-order valence-corrected chi connectivity index (χ0v) is 9.86. The van der Waals surface area contributed by atoms with Crippen LogP contribution in [0.3, 0.4) is 0 Å². The molecule has 0 spiro atoms. The lowest BCUT2D eigenvalue weighted by atomic mass is 10.2. The monoisotopic (exact) mass is 244 g/mol. The van der Waals surface area contributed by atoms with Crippen LogP contribution in [0.2, 0.25) is 5.02 Å². The Kier molecular flexibility index (Phi) is 3.22. The summed E-state index contributed by atoms with van der Waals surface area (Å²) in [5.74, 6) is 0.585. The van der Waals surface area contributed by atoms with Gasteiger partial charge in [0.25, 0.3) is 0 Å². The molecule has 84 valence electrons. The number of nitrogens with zero attached hydrogens (tertiary/aromatic N) is 3. The minimum absolute atomic E-state index is 0.328. The van der Waals surface area contributed by atoms with Crippen LogP contribution < -0.4 is 5.32 Å². The summed E-state index contributed by atoms with van der Waals surface area (Å²) in [6.07, 6.45) is 1.35. The average Bonchev–Trinajstić information content (AvgIpc) is 2.33. The summed E-state index contributed by atoms with van der Waals surface area (Å²) in [6.45, 7) is 1.95. The molecule has 0 unspecified atom stereocenters. The molecule has 0 fully saturated rings. The first-order chi connectivity index (χ1) is 8.19. The number of aromatic nitrogens is 2. The van der Waals surface area contributed by atoms with E-state index in [4.69, 9.17) is 16.9 Å². The topological polar surface area (TPSA) is 61.6 Å². The van der Waals surface area contributed by atoms with Gasteiger partial charge in [0.1, 0.15) is 23.9 Å². The minimum atomic E-state index is 0.328. The van der Waals surface area contributed by atoms with Crippen LogP contribution >= 0.6 is 11.6 Å². The highest BCUT2D eigenvalue weighted by molar-refractivity contribution is 6.30. The number of benzene rings is 1. The van der Waals surface area contributed by atoms with Gasteiger partial charge in [-0.15, -0.1) is 0 Å². The first-order valence-corrected chi connectivity index (χ1v) is 5.32. The second kappa shape index (κ2) is 4.81. The molecule has 0 aliphatic heterocycles. The number of rotatable bonds is 2. The molecule has 0 bridgehead atoms. The van der Waals surface area contributed by atoms with Crippen molar-refractivity contribution in [3.63, 3.8) is 0 Å². The van der Waals surface area contributed by atoms with Crippen LogP contribution in [0, 0.1) is 18.3 Å². The molecule has 0 atom stereocenters. The van der Waals surface area contributed by atoms with Gasteiger partial charge in [0.2, 0.25) is 0 Å². The lowest BCUT2D eigenvalue weighted by Gasteiger charge is -2.08. The van der Waals surface area contributed by atoms with Crippen molar-refractivity contribution in [2.75, 3.05) is 5.32 Å². The quantitative estimate of drug-likeness (QED) is 0.882. The molecule has 17 heavy (non-hydrogen) atoms. The van der Waals surface area contributed by atoms with Crippen molar-refractivity contribution >= 4 is 23.1 Å². The summed E-state index contributed by atoms with van der Waals surface area (Å²) in [5.41, 5.74) is 2.24. The van der Waals surface area contributed by atoms with E-state index < -0.39 is 0 Å². The molecule has 0 saturated heterocycles. The largest absolute Gasteiger partial charge is 0.340 e. The maximum Gasteiger partial charge on any atom is 0.145 e. The summed E-state index contributed by atoms with van der Waals surface area (Å²) in [4.78, 5) is 7.84. The Balaban J connectivity index is 2.28. The van der Waals surface area contributed by atoms with Crippen LogP contribution in [-0.4, -0.2) is 9.97 Å². The predicted molar refractivity (Wildman–Crippen MR) is 66.2 cm³/mol. The van der Waals surface area contributed by atoms with Gasteiger partial charge in [-0.1, -0.05) is 11.6 Å². The van der Waals surface area contributed by atoms with Gasteiger partial charge in [-0.05, 0) is 30.7 Å². The van der Waals surface area contributed by atoms with Crippen molar-refractivity contribution in [2.45, 2.75) is 6.92 Å². The molecule has 1 aromatic carbocycles. The third-order valence-corrected chi connectivity index (χ3v) is 2.47. The Morgan fingerprint density at radius 3 is 2.82 bits per heavy atom. The zero-order valence-electron chi connectivity index (χ0n) is 9.11. The van der Waals surface area contributed by atoms with Gasteiger partial charge >= 0.3 is 0 Å². The number of hydrogen-bond acceptors (Lipinski definition) is 4. The standard InChI is InChI=1S/C12H9ClN4/c1-8-4-9(13)2-3-11(8)17-12-5-10(6-14)15-7-16-12/h2-5,7H,1H3,(H,15,16,17). The molecular formula is C12H9ClN4. The Hall–Kier alpha value is -2.12. The second-order valence-electron chi connectivity index (χ2n) is 3.48. The summed E-state index contributed by atoms with van der Waals surface area (Å²) < 4.78 is 0. The predicted octanol–water partition coefficient (Wildman–Crippen LogP) is 3.05. The van der Waals surface area contributed by atoms with E-state index in [-0.39, 0.29) is 0 Å². The first-order valence-electron chi connectivity index (χ1n) is 4.94. The van der Waals surface area contributed by atoms with E-state index >= 15 is 0 Å². The molecule has 0 saturated carbocycles. The summed E-state index contributed by atoms with van der Waals surface area (Å²) in [5, 5.41) is 12.5. The maximum absolute atomic E-state index is 8.73. The van der Waals surface area contributed by atoms with Gasteiger partial charge in [0.15, 0.2) is 0 Å². The highest BCUT2D eigenvalue weighted by atomic mass is 35.5. The average molecular weight is 245 g/mol. The van der Waals surface area contributed by atoms with E-state index in [0.29, 0.717) is 16.5 Å². The molecule has 0 amide bonds. The van der Waals surface area contributed by atoms with Gasteiger partial charge in [-0.3, -0.25) is 0 Å². The van der Waals surface area contributed by atoms with E-state index in [1.807, 2.05) is 25.1 Å². The van der Waals surface area contributed by atoms with E-state index in [2.05, 4.69) is 15.3 Å². The third-order valence-electron chi connectivity index (χ3n) is 2.23. The summed E-state index contributed by atoms with van der Waals surface area (Å²) >= 11 is 5.87. The van der Waals surface area contributed by atoms with E-state index in [9.17, 15) is 0 Å². The molecular weight excluding hydrogens is 236 g/mol. The van der Waals surface area contributed by atoms with Gasteiger partial charge < -0.3 is 5.32 Å². The Morgan fingerprint density at radius 1 is 1.29 bits per heavy atom. The fourth-order valence-corrected chi connectivity index (χ4v) is 1.62. The summed E-state index contributed by atoms with van der Waals surface area (Å²) in [7, 11) is 0. The smallest absolute Gasteiger partial charge is 0.145 e. The van der Waals surface area contributed by atoms with E-state index in [1.165, 1.54) is 6.33 Å². The van der Waals surface area contributed by atoms with Crippen LogP contribution in [0.4, 0.5) is 11.5 Å². The van der Waals surface area contributed by atoms with Crippen molar-refractivity contribution in [1.29, 1.82) is 5.26 Å². The van der Waals surface area contributed by atoms with Crippen molar-refractivity contribution in [1.82, 2.24) is 9.97 Å². The van der Waals surface area contributed by atoms with Crippen LogP contribution in [0.5, 0.6) is 0 Å². The van der Waals surface area contributed by atoms with Crippen LogP contribution in [0.25, 0.3) is 0 Å². The highest BCUT2D eigenvalue weighted by Gasteiger charge is 2.02. The molecule has 4 nitrogen and oxygen atoms in total. The van der Waals surface area contributed by atoms with Crippen LogP contribution in [0.15, 0.2) is 30.6 Å². The van der Waals surface area contributed by atoms with Gasteiger partial charge in [-0.25, -0.2) is 9.97 Å². The molecule has 1 N–H and O–H groups in total. The number of nitriles is 1. The van der Waals surface area contributed by atoms with Crippen LogP contribution in [-0.2, 0) is 0 Å². The van der Waals surface area contributed by atoms with Gasteiger partial charge in [-0.2, -0.15) is 5.26 Å². The van der Waals surface area contributed by atoms with Gasteiger partial charge in [0, 0.05) is 16.8 Å². The zero-order chi connectivity index (χ0) is 12.3. The third kappa shape index (κ3) is 2.71. The number of aryl methyl sites for hydroxylation is 1. The lowest BCUT2D eigenvalue weighted by molar-refractivity contribution is 1.14. The minimum Gasteiger partial charge on any atom is -0.340 e. The molecule has 0 radical (unpaired) electrons. The van der Waals surface area contributed by atoms with Crippen LogP contribution in [0.1, 0.15) is 11.3 Å². The van der Waals surface area contributed by atoms with Crippen molar-refractivity contribution in [3.05, 3.63) is 46.9 Å². The Bertz CT molecular complexity index is 589. The molecule has 1 heterocycles. The molecule has 5 heteroatoms. The SMILES string of the molecule is Cc1cc(Cl)ccc1Nc1cc(C#N)ncn1. The maximum atomic E-state index is 8.73. The number of nitrogens with one attached hydrogen (secondary N) is 1. The van der Waals surface area contributed by atoms with E-state index in [0.717, 1.165) is 11.3 Å².